The molecule has 0 amide bonds. The number of pyridine rings is 2. The van der Waals surface area contributed by atoms with Gasteiger partial charge in [-0.2, -0.15) is 0 Å². The summed E-state index contributed by atoms with van der Waals surface area (Å²) in [6.45, 7) is 4.87. The van der Waals surface area contributed by atoms with E-state index in [0.717, 1.165) is 36.0 Å². The Morgan fingerprint density at radius 1 is 1.40 bits per heavy atom. The SMILES string of the molecule is CCCCC(C)(CN)Nc1cc(N)nc2cccnc12. The Bertz CT molecular complexity index is 583. The molecule has 2 aromatic heterocycles. The number of rotatable bonds is 6. The van der Waals surface area contributed by atoms with Gasteiger partial charge in [-0.1, -0.05) is 19.8 Å². The van der Waals surface area contributed by atoms with Crippen molar-refractivity contribution in [3.05, 3.63) is 24.4 Å². The summed E-state index contributed by atoms with van der Waals surface area (Å²) in [5.41, 5.74) is 14.2. The van der Waals surface area contributed by atoms with Gasteiger partial charge < -0.3 is 16.8 Å². The predicted molar refractivity (Wildman–Crippen MR) is 84.6 cm³/mol. The third-order valence-corrected chi connectivity index (χ3v) is 3.55. The van der Waals surface area contributed by atoms with Crippen molar-refractivity contribution in [2.75, 3.05) is 17.6 Å². The maximum atomic E-state index is 5.95. The van der Waals surface area contributed by atoms with Crippen LogP contribution in [-0.2, 0) is 0 Å². The first-order valence-electron chi connectivity index (χ1n) is 7.07. The second-order valence-corrected chi connectivity index (χ2v) is 5.46. The van der Waals surface area contributed by atoms with E-state index in [1.54, 1.807) is 6.20 Å². The Morgan fingerprint density at radius 2 is 2.20 bits per heavy atom. The molecule has 5 heteroatoms. The molecular formula is C15H23N5. The van der Waals surface area contributed by atoms with Gasteiger partial charge in [0.1, 0.15) is 11.3 Å². The summed E-state index contributed by atoms with van der Waals surface area (Å²) in [6.07, 6.45) is 5.05. The molecule has 0 aromatic carbocycles. The zero-order chi connectivity index (χ0) is 14.6. The molecule has 1 unspecified atom stereocenters. The summed E-state index contributed by atoms with van der Waals surface area (Å²) in [6, 6.07) is 5.60. The van der Waals surface area contributed by atoms with Crippen LogP contribution in [-0.4, -0.2) is 22.1 Å². The molecule has 0 saturated heterocycles. The van der Waals surface area contributed by atoms with E-state index < -0.39 is 0 Å². The Kier molecular flexibility index (Phi) is 4.39. The van der Waals surface area contributed by atoms with Gasteiger partial charge in [0.15, 0.2) is 0 Å². The fourth-order valence-electron chi connectivity index (χ4n) is 2.29. The fraction of sp³-hybridized carbons (Fsp3) is 0.467. The summed E-state index contributed by atoms with van der Waals surface area (Å²) in [4.78, 5) is 8.70. The van der Waals surface area contributed by atoms with E-state index in [1.165, 1.54) is 0 Å². The number of fused-ring (bicyclic) bond motifs is 1. The molecule has 0 bridgehead atoms. The molecular weight excluding hydrogens is 250 g/mol. The van der Waals surface area contributed by atoms with Crippen LogP contribution >= 0.6 is 0 Å². The molecule has 2 rings (SSSR count). The molecule has 0 spiro atoms. The molecule has 1 atom stereocenters. The molecule has 20 heavy (non-hydrogen) atoms. The average molecular weight is 273 g/mol. The monoisotopic (exact) mass is 273 g/mol. The largest absolute Gasteiger partial charge is 0.384 e. The molecule has 5 nitrogen and oxygen atoms in total. The van der Waals surface area contributed by atoms with E-state index in [9.17, 15) is 0 Å². The number of nitrogen functional groups attached to an aromatic ring is 1. The molecule has 0 radical (unpaired) electrons. The normalized spacial score (nSPS) is 14.2. The summed E-state index contributed by atoms with van der Waals surface area (Å²) in [7, 11) is 0. The highest BCUT2D eigenvalue weighted by molar-refractivity contribution is 5.89. The van der Waals surface area contributed by atoms with Gasteiger partial charge in [0.05, 0.1) is 11.2 Å². The molecule has 0 aliphatic carbocycles. The van der Waals surface area contributed by atoms with Crippen LogP contribution in [0.1, 0.15) is 33.1 Å². The van der Waals surface area contributed by atoms with Gasteiger partial charge in [-0.15, -0.1) is 0 Å². The van der Waals surface area contributed by atoms with Gasteiger partial charge in [-0.25, -0.2) is 4.98 Å². The molecule has 0 saturated carbocycles. The Morgan fingerprint density at radius 3 is 2.90 bits per heavy atom. The van der Waals surface area contributed by atoms with Gasteiger partial charge in [0, 0.05) is 24.3 Å². The van der Waals surface area contributed by atoms with Gasteiger partial charge in [-0.3, -0.25) is 4.98 Å². The van der Waals surface area contributed by atoms with E-state index >= 15 is 0 Å². The molecule has 0 fully saturated rings. The third kappa shape index (κ3) is 3.17. The van der Waals surface area contributed by atoms with Crippen LogP contribution in [0.3, 0.4) is 0 Å². The standard InChI is InChI=1S/C15H23N5/c1-3-4-7-15(2,10-16)20-12-9-13(17)19-11-6-5-8-18-14(11)12/h5-6,8-9H,3-4,7,10,16H2,1-2H3,(H3,17,19,20). The van der Waals surface area contributed by atoms with Crippen molar-refractivity contribution in [2.45, 2.75) is 38.6 Å². The van der Waals surface area contributed by atoms with Gasteiger partial charge in [0.2, 0.25) is 0 Å². The highest BCUT2D eigenvalue weighted by atomic mass is 15.0. The topological polar surface area (TPSA) is 89.8 Å². The molecule has 0 aliphatic heterocycles. The number of hydrogen-bond donors (Lipinski definition) is 3. The first-order chi connectivity index (χ1) is 9.58. The van der Waals surface area contributed by atoms with Crippen LogP contribution in [0.15, 0.2) is 24.4 Å². The second kappa shape index (κ2) is 6.05. The number of anilines is 2. The van der Waals surface area contributed by atoms with Crippen LogP contribution in [0.5, 0.6) is 0 Å². The summed E-state index contributed by atoms with van der Waals surface area (Å²) < 4.78 is 0. The number of hydrogen-bond acceptors (Lipinski definition) is 5. The van der Waals surface area contributed by atoms with E-state index in [2.05, 4.69) is 29.1 Å². The number of nitrogens with two attached hydrogens (primary N) is 2. The summed E-state index contributed by atoms with van der Waals surface area (Å²) in [5, 5.41) is 3.52. The van der Waals surface area contributed by atoms with Crippen LogP contribution < -0.4 is 16.8 Å². The minimum Gasteiger partial charge on any atom is -0.384 e. The predicted octanol–water partition coefficient (Wildman–Crippen LogP) is 2.53. The number of nitrogens with one attached hydrogen (secondary N) is 1. The van der Waals surface area contributed by atoms with Crippen molar-refractivity contribution >= 4 is 22.5 Å². The summed E-state index contributed by atoms with van der Waals surface area (Å²) >= 11 is 0. The zero-order valence-electron chi connectivity index (χ0n) is 12.2. The van der Waals surface area contributed by atoms with Crippen molar-refractivity contribution in [3.63, 3.8) is 0 Å². The average Bonchev–Trinajstić information content (AvgIpc) is 2.45. The van der Waals surface area contributed by atoms with Crippen LogP contribution in [0.25, 0.3) is 11.0 Å². The minimum absolute atomic E-state index is 0.158. The first kappa shape index (κ1) is 14.5. The van der Waals surface area contributed by atoms with Gasteiger partial charge in [-0.05, 0) is 25.5 Å². The lowest BCUT2D eigenvalue weighted by Crippen LogP contribution is -2.42. The van der Waals surface area contributed by atoms with Crippen molar-refractivity contribution in [2.24, 2.45) is 5.73 Å². The van der Waals surface area contributed by atoms with Crippen molar-refractivity contribution in [3.8, 4) is 0 Å². The highest BCUT2D eigenvalue weighted by Crippen LogP contribution is 2.27. The molecule has 0 aliphatic rings. The third-order valence-electron chi connectivity index (χ3n) is 3.55. The van der Waals surface area contributed by atoms with Crippen LogP contribution in [0, 0.1) is 0 Å². The number of unbranched alkanes of at least 4 members (excludes halogenated alkanes) is 1. The highest BCUT2D eigenvalue weighted by Gasteiger charge is 2.22. The number of aromatic nitrogens is 2. The van der Waals surface area contributed by atoms with Crippen LogP contribution in [0.4, 0.5) is 11.5 Å². The van der Waals surface area contributed by atoms with Gasteiger partial charge in [0.25, 0.3) is 0 Å². The van der Waals surface area contributed by atoms with E-state index in [0.29, 0.717) is 12.4 Å². The van der Waals surface area contributed by atoms with Crippen molar-refractivity contribution in [1.29, 1.82) is 0 Å². The Balaban J connectivity index is 2.36. The maximum Gasteiger partial charge on any atom is 0.126 e. The second-order valence-electron chi connectivity index (χ2n) is 5.46. The van der Waals surface area contributed by atoms with Crippen molar-refractivity contribution in [1.82, 2.24) is 9.97 Å². The van der Waals surface area contributed by atoms with E-state index in [4.69, 9.17) is 11.5 Å². The fourth-order valence-corrected chi connectivity index (χ4v) is 2.29. The first-order valence-corrected chi connectivity index (χ1v) is 7.07. The smallest absolute Gasteiger partial charge is 0.126 e. The maximum absolute atomic E-state index is 5.95. The zero-order valence-corrected chi connectivity index (χ0v) is 12.2. The minimum atomic E-state index is -0.158. The molecule has 5 N–H and O–H groups in total. The van der Waals surface area contributed by atoms with Crippen LogP contribution in [0.2, 0.25) is 0 Å². The Hall–Kier alpha value is -1.88. The van der Waals surface area contributed by atoms with Crippen molar-refractivity contribution < 1.29 is 0 Å². The summed E-state index contributed by atoms with van der Waals surface area (Å²) in [5.74, 6) is 0.489. The van der Waals surface area contributed by atoms with E-state index in [1.807, 2.05) is 18.2 Å². The Labute approximate surface area is 119 Å². The lowest BCUT2D eigenvalue weighted by molar-refractivity contribution is 0.462. The van der Waals surface area contributed by atoms with E-state index in [-0.39, 0.29) is 5.54 Å². The lowest BCUT2D eigenvalue weighted by Gasteiger charge is -2.31. The molecule has 2 aromatic rings. The molecule has 108 valence electrons. The van der Waals surface area contributed by atoms with Gasteiger partial charge >= 0.3 is 0 Å². The quantitative estimate of drug-likeness (QED) is 0.752. The number of nitrogens with zero attached hydrogens (tertiary/aromatic N) is 2. The lowest BCUT2D eigenvalue weighted by atomic mass is 9.94. The molecule has 2 heterocycles.